The summed E-state index contributed by atoms with van der Waals surface area (Å²) in [5, 5.41) is 0. The van der Waals surface area contributed by atoms with Crippen molar-refractivity contribution < 1.29 is 9.53 Å². The second-order valence-corrected chi connectivity index (χ2v) is 9.63. The first-order valence-electron chi connectivity index (χ1n) is 12.1. The second kappa shape index (κ2) is 10.6. The topological polar surface area (TPSA) is 36.0 Å². The Morgan fingerprint density at radius 3 is 2.43 bits per heavy atom. The summed E-state index contributed by atoms with van der Waals surface area (Å²) >= 11 is 0. The molecule has 3 fully saturated rings. The van der Waals surface area contributed by atoms with Crippen molar-refractivity contribution in [1.29, 1.82) is 0 Å². The molecule has 3 aliphatic rings. The maximum absolute atomic E-state index is 12.6. The van der Waals surface area contributed by atoms with Crippen molar-refractivity contribution in [3.63, 3.8) is 0 Å². The lowest BCUT2D eigenvalue weighted by molar-refractivity contribution is -0.133. The van der Waals surface area contributed by atoms with Crippen LogP contribution in [0.25, 0.3) is 0 Å². The molecule has 166 valence electrons. The van der Waals surface area contributed by atoms with E-state index < -0.39 is 0 Å². The molecule has 5 nitrogen and oxygen atoms in total. The quantitative estimate of drug-likeness (QED) is 0.682. The van der Waals surface area contributed by atoms with Crippen LogP contribution in [-0.2, 0) is 11.3 Å². The zero-order valence-electron chi connectivity index (χ0n) is 18.7. The summed E-state index contributed by atoms with van der Waals surface area (Å²) < 4.78 is 6.10. The monoisotopic (exact) mass is 413 g/mol. The predicted molar refractivity (Wildman–Crippen MR) is 121 cm³/mol. The van der Waals surface area contributed by atoms with Gasteiger partial charge in [-0.3, -0.25) is 9.69 Å². The highest BCUT2D eigenvalue weighted by Gasteiger charge is 2.23. The molecule has 30 heavy (non-hydrogen) atoms. The van der Waals surface area contributed by atoms with E-state index in [4.69, 9.17) is 4.74 Å². The van der Waals surface area contributed by atoms with Crippen LogP contribution >= 0.6 is 0 Å². The third kappa shape index (κ3) is 6.21. The summed E-state index contributed by atoms with van der Waals surface area (Å²) in [6.07, 6.45) is 9.71. The van der Waals surface area contributed by atoms with Crippen molar-refractivity contribution >= 4 is 5.91 Å². The number of nitrogens with zero attached hydrogens (tertiary/aromatic N) is 3. The fourth-order valence-corrected chi connectivity index (χ4v) is 5.20. The lowest BCUT2D eigenvalue weighted by atomic mass is 9.92. The third-order valence-electron chi connectivity index (χ3n) is 7.16. The average Bonchev–Trinajstić information content (AvgIpc) is 3.27. The molecular formula is C25H39N3O2. The molecule has 1 aromatic rings. The molecule has 1 amide bonds. The summed E-state index contributed by atoms with van der Waals surface area (Å²) in [5.74, 6) is 2.03. The minimum atomic E-state index is 0.359. The minimum Gasteiger partial charge on any atom is -0.490 e. The Kier molecular flexibility index (Phi) is 7.67. The molecule has 0 N–H and O–H groups in total. The van der Waals surface area contributed by atoms with Gasteiger partial charge in [0.1, 0.15) is 5.75 Å². The van der Waals surface area contributed by atoms with Crippen LogP contribution in [0.1, 0.15) is 56.9 Å². The zero-order valence-corrected chi connectivity index (χ0v) is 18.7. The van der Waals surface area contributed by atoms with Gasteiger partial charge in [-0.05, 0) is 82.2 Å². The number of benzene rings is 1. The summed E-state index contributed by atoms with van der Waals surface area (Å²) in [6.45, 7) is 7.10. The third-order valence-corrected chi connectivity index (χ3v) is 7.16. The Bertz CT molecular complexity index is 663. The van der Waals surface area contributed by atoms with E-state index in [2.05, 4.69) is 46.0 Å². The van der Waals surface area contributed by atoms with Crippen LogP contribution in [-0.4, -0.2) is 73.0 Å². The summed E-state index contributed by atoms with van der Waals surface area (Å²) in [5.41, 5.74) is 1.36. The molecule has 1 aliphatic carbocycles. The lowest BCUT2D eigenvalue weighted by Crippen LogP contribution is -2.47. The number of carbonyl (C=O) groups excluding carboxylic acids is 1. The van der Waals surface area contributed by atoms with E-state index in [9.17, 15) is 4.79 Å². The number of hydrogen-bond donors (Lipinski definition) is 0. The highest BCUT2D eigenvalue weighted by atomic mass is 16.5. The van der Waals surface area contributed by atoms with Crippen molar-refractivity contribution in [2.24, 2.45) is 5.92 Å². The summed E-state index contributed by atoms with van der Waals surface area (Å²) in [7, 11) is 2.13. The number of piperazine rings is 1. The second-order valence-electron chi connectivity index (χ2n) is 9.63. The SMILES string of the molecule is CN1CCN(C(=O)CCC2CCCN(Cc3ccc(OC4CCCC4)cc3)C2)CC1. The normalized spacial score (nSPS) is 24.3. The molecule has 1 atom stereocenters. The first-order chi connectivity index (χ1) is 14.7. The van der Waals surface area contributed by atoms with Crippen LogP contribution in [0.15, 0.2) is 24.3 Å². The van der Waals surface area contributed by atoms with Gasteiger partial charge in [-0.2, -0.15) is 0 Å². The standard InChI is InChI=1S/C25H39N3O2/c1-26-15-17-28(18-16-26)25(29)13-10-21-5-4-14-27(19-21)20-22-8-11-24(12-9-22)30-23-6-2-3-7-23/h8-9,11-12,21,23H,2-7,10,13-20H2,1H3. The van der Waals surface area contributed by atoms with Crippen LogP contribution in [0.4, 0.5) is 0 Å². The highest BCUT2D eigenvalue weighted by molar-refractivity contribution is 5.76. The average molecular weight is 414 g/mol. The molecule has 2 saturated heterocycles. The van der Waals surface area contributed by atoms with Crippen molar-refractivity contribution in [2.45, 2.75) is 64.0 Å². The Hall–Kier alpha value is -1.59. The van der Waals surface area contributed by atoms with Gasteiger partial charge in [0.15, 0.2) is 0 Å². The van der Waals surface area contributed by atoms with E-state index in [1.54, 1.807) is 0 Å². The van der Waals surface area contributed by atoms with E-state index in [-0.39, 0.29) is 0 Å². The van der Waals surface area contributed by atoms with Gasteiger partial charge in [-0.15, -0.1) is 0 Å². The zero-order chi connectivity index (χ0) is 20.8. The molecule has 0 aromatic heterocycles. The molecule has 5 heteroatoms. The van der Waals surface area contributed by atoms with Crippen molar-refractivity contribution in [3.05, 3.63) is 29.8 Å². The predicted octanol–water partition coefficient (Wildman–Crippen LogP) is 3.77. The fraction of sp³-hybridized carbons (Fsp3) is 0.720. The van der Waals surface area contributed by atoms with Crippen LogP contribution in [0.2, 0.25) is 0 Å². The van der Waals surface area contributed by atoms with Gasteiger partial charge in [-0.25, -0.2) is 0 Å². The highest BCUT2D eigenvalue weighted by Crippen LogP contribution is 2.26. The molecule has 1 aromatic carbocycles. The van der Waals surface area contributed by atoms with E-state index in [0.29, 0.717) is 17.9 Å². The number of carbonyl (C=O) groups is 1. The number of likely N-dealkylation sites (tertiary alicyclic amines) is 1. The van der Waals surface area contributed by atoms with Crippen molar-refractivity contribution in [2.75, 3.05) is 46.3 Å². The van der Waals surface area contributed by atoms with Crippen molar-refractivity contribution in [1.82, 2.24) is 14.7 Å². The van der Waals surface area contributed by atoms with E-state index in [1.165, 1.54) is 50.6 Å². The molecule has 0 bridgehead atoms. The van der Waals surface area contributed by atoms with Gasteiger partial charge in [0.25, 0.3) is 0 Å². The molecule has 1 saturated carbocycles. The Morgan fingerprint density at radius 2 is 1.70 bits per heavy atom. The first kappa shape index (κ1) is 21.6. The largest absolute Gasteiger partial charge is 0.490 e. The number of ether oxygens (including phenoxy) is 1. The van der Waals surface area contributed by atoms with Gasteiger partial charge >= 0.3 is 0 Å². The lowest BCUT2D eigenvalue weighted by Gasteiger charge is -2.34. The summed E-state index contributed by atoms with van der Waals surface area (Å²) in [4.78, 5) is 19.5. The van der Waals surface area contributed by atoms with Gasteiger partial charge < -0.3 is 14.5 Å². The van der Waals surface area contributed by atoms with Crippen LogP contribution in [0.3, 0.4) is 0 Å². The number of rotatable bonds is 7. The molecule has 4 rings (SSSR count). The molecular weight excluding hydrogens is 374 g/mol. The van der Waals surface area contributed by atoms with Gasteiger partial charge in [0, 0.05) is 45.7 Å². The Morgan fingerprint density at radius 1 is 0.967 bits per heavy atom. The van der Waals surface area contributed by atoms with E-state index >= 15 is 0 Å². The number of amides is 1. The summed E-state index contributed by atoms with van der Waals surface area (Å²) in [6, 6.07) is 8.74. The van der Waals surface area contributed by atoms with Crippen LogP contribution in [0, 0.1) is 5.92 Å². The maximum Gasteiger partial charge on any atom is 0.222 e. The minimum absolute atomic E-state index is 0.359. The maximum atomic E-state index is 12.6. The molecule has 2 aliphatic heterocycles. The number of piperidine rings is 1. The molecule has 0 spiro atoms. The van der Waals surface area contributed by atoms with Crippen LogP contribution < -0.4 is 4.74 Å². The Labute approximate surface area is 182 Å². The van der Waals surface area contributed by atoms with Crippen molar-refractivity contribution in [3.8, 4) is 5.75 Å². The Balaban J connectivity index is 1.19. The first-order valence-corrected chi connectivity index (χ1v) is 12.1. The fourth-order valence-electron chi connectivity index (χ4n) is 5.20. The molecule has 2 heterocycles. The van der Waals surface area contributed by atoms with E-state index in [1.807, 2.05) is 0 Å². The van der Waals surface area contributed by atoms with Crippen LogP contribution in [0.5, 0.6) is 5.75 Å². The van der Waals surface area contributed by atoms with Gasteiger partial charge in [0.05, 0.1) is 6.10 Å². The molecule has 1 unspecified atom stereocenters. The van der Waals surface area contributed by atoms with E-state index in [0.717, 1.165) is 57.9 Å². The van der Waals surface area contributed by atoms with Gasteiger partial charge in [-0.1, -0.05) is 12.1 Å². The number of hydrogen-bond acceptors (Lipinski definition) is 4. The van der Waals surface area contributed by atoms with Gasteiger partial charge in [0.2, 0.25) is 5.91 Å². The number of likely N-dealkylation sites (N-methyl/N-ethyl adjacent to an activating group) is 1. The molecule has 0 radical (unpaired) electrons. The smallest absolute Gasteiger partial charge is 0.222 e.